The van der Waals surface area contributed by atoms with Gasteiger partial charge in [-0.2, -0.15) is 0 Å². The fraction of sp³-hybridized carbons (Fsp3) is 1.00. The largest absolute Gasteiger partial charge is 0.288 e. The average Bonchev–Trinajstić information content (AvgIpc) is 1.95. The minimum absolute atomic E-state index is 0.331. The summed E-state index contributed by atoms with van der Waals surface area (Å²) in [5.74, 6) is 0. The van der Waals surface area contributed by atoms with E-state index in [1.54, 1.807) is 0 Å². The number of hydrogen-bond acceptors (Lipinski definition) is 1. The summed E-state index contributed by atoms with van der Waals surface area (Å²) in [6.45, 7) is -0.405. The Hall–Kier alpha value is 0.180. The van der Waals surface area contributed by atoms with Gasteiger partial charge in [-0.3, -0.25) is 5.32 Å². The van der Waals surface area contributed by atoms with Crippen LogP contribution in [0, 0.1) is 0 Å². The van der Waals surface area contributed by atoms with Crippen molar-refractivity contribution in [3.63, 3.8) is 0 Å². The molecule has 0 atom stereocenters. The monoisotopic (exact) mass is 165 g/mol. The number of hydrogen-bond donors (Lipinski definition) is 1. The van der Waals surface area contributed by atoms with E-state index in [0.29, 0.717) is 11.4 Å². The van der Waals surface area contributed by atoms with E-state index in [2.05, 4.69) is 5.32 Å². The van der Waals surface area contributed by atoms with Gasteiger partial charge in [0.1, 0.15) is 6.80 Å². The van der Waals surface area contributed by atoms with Gasteiger partial charge in [-0.15, -0.1) is 11.6 Å². The Bertz CT molecular complexity index is 91.6. The zero-order valence-electron chi connectivity index (χ0n) is 5.95. The zero-order chi connectivity index (χ0) is 7.40. The highest BCUT2D eigenvalue weighted by Gasteiger charge is 2.18. The van der Waals surface area contributed by atoms with Crippen molar-refractivity contribution >= 4 is 11.6 Å². The zero-order valence-corrected chi connectivity index (χ0v) is 6.70. The topological polar surface area (TPSA) is 12.0 Å². The first-order valence-corrected chi connectivity index (χ1v) is 4.20. The molecule has 1 N–H and O–H groups in total. The smallest absolute Gasteiger partial charge is 0.140 e. The number of rotatable bonds is 2. The Kier molecular flexibility index (Phi) is 3.43. The Morgan fingerprint density at radius 2 is 1.90 bits per heavy atom. The second-order valence-electron chi connectivity index (χ2n) is 2.79. The summed E-state index contributed by atoms with van der Waals surface area (Å²) in [5.41, 5.74) is 0. The Morgan fingerprint density at radius 3 is 2.40 bits per heavy atom. The molecule has 60 valence electrons. The minimum Gasteiger partial charge on any atom is -0.288 e. The van der Waals surface area contributed by atoms with Crippen LogP contribution in [0.3, 0.4) is 0 Å². The predicted octanol–water partition coefficient (Wildman–Crippen LogP) is 2.05. The Labute approximate surface area is 65.9 Å². The molecule has 1 nitrogen and oxygen atoms in total. The van der Waals surface area contributed by atoms with Crippen molar-refractivity contribution in [2.75, 3.05) is 6.80 Å². The molecule has 0 saturated heterocycles. The van der Waals surface area contributed by atoms with E-state index in [1.165, 1.54) is 0 Å². The molecule has 1 rings (SSSR count). The van der Waals surface area contributed by atoms with E-state index in [-0.39, 0.29) is 0 Å². The van der Waals surface area contributed by atoms with Crippen LogP contribution < -0.4 is 5.32 Å². The van der Waals surface area contributed by atoms with E-state index in [0.717, 1.165) is 25.7 Å². The van der Waals surface area contributed by atoms with Crippen LogP contribution in [0.15, 0.2) is 0 Å². The van der Waals surface area contributed by atoms with Crippen LogP contribution in [0.4, 0.5) is 4.39 Å². The van der Waals surface area contributed by atoms with Gasteiger partial charge in [0.15, 0.2) is 0 Å². The molecule has 0 aromatic heterocycles. The van der Waals surface area contributed by atoms with Gasteiger partial charge in [-0.25, -0.2) is 4.39 Å². The van der Waals surface area contributed by atoms with Gasteiger partial charge >= 0.3 is 0 Å². The van der Waals surface area contributed by atoms with Crippen molar-refractivity contribution in [3.05, 3.63) is 0 Å². The van der Waals surface area contributed by atoms with Gasteiger partial charge in [0.25, 0.3) is 0 Å². The maximum atomic E-state index is 11.7. The fourth-order valence-corrected chi connectivity index (χ4v) is 1.62. The van der Waals surface area contributed by atoms with Crippen molar-refractivity contribution in [1.82, 2.24) is 5.32 Å². The lowest BCUT2D eigenvalue weighted by molar-refractivity contribution is 0.318. The van der Waals surface area contributed by atoms with Crippen LogP contribution in [0.2, 0.25) is 0 Å². The predicted molar refractivity (Wildman–Crippen MR) is 41.0 cm³/mol. The highest BCUT2D eigenvalue weighted by Crippen LogP contribution is 2.22. The number of halogens is 2. The first-order valence-electron chi connectivity index (χ1n) is 3.76. The summed E-state index contributed by atoms with van der Waals surface area (Å²) in [5, 5.41) is 3.11. The minimum atomic E-state index is -0.405. The third-order valence-corrected chi connectivity index (χ3v) is 2.46. The first-order chi connectivity index (χ1) is 4.83. The van der Waals surface area contributed by atoms with Crippen molar-refractivity contribution in [2.24, 2.45) is 0 Å². The van der Waals surface area contributed by atoms with Crippen molar-refractivity contribution in [3.8, 4) is 0 Å². The molecule has 0 aromatic carbocycles. The van der Waals surface area contributed by atoms with E-state index in [9.17, 15) is 4.39 Å². The fourth-order valence-electron chi connectivity index (χ4n) is 1.37. The summed E-state index contributed by atoms with van der Waals surface area (Å²) in [4.78, 5) is 0. The van der Waals surface area contributed by atoms with E-state index in [4.69, 9.17) is 11.6 Å². The standard InChI is InChI=1S/C7H13ClFN/c8-6-1-3-7(4-2-6)10-5-9/h6-7,10H,1-5H2. The quantitative estimate of drug-likeness (QED) is 0.488. The van der Waals surface area contributed by atoms with Crippen LogP contribution >= 0.6 is 11.6 Å². The Balaban J connectivity index is 2.13. The van der Waals surface area contributed by atoms with E-state index >= 15 is 0 Å². The summed E-state index contributed by atoms with van der Waals surface area (Å²) >= 11 is 5.86. The van der Waals surface area contributed by atoms with Crippen LogP contribution in [-0.4, -0.2) is 18.2 Å². The molecule has 0 bridgehead atoms. The Morgan fingerprint density at radius 1 is 1.30 bits per heavy atom. The maximum absolute atomic E-state index is 11.7. The molecular weight excluding hydrogens is 153 g/mol. The van der Waals surface area contributed by atoms with Gasteiger partial charge in [0, 0.05) is 11.4 Å². The summed E-state index contributed by atoms with van der Waals surface area (Å²) in [6, 6.07) is 0.375. The molecule has 0 amide bonds. The molecule has 1 aliphatic carbocycles. The van der Waals surface area contributed by atoms with Gasteiger partial charge < -0.3 is 0 Å². The molecule has 0 aliphatic heterocycles. The molecular formula is C7H13ClFN. The van der Waals surface area contributed by atoms with Crippen LogP contribution in [0.1, 0.15) is 25.7 Å². The number of alkyl halides is 2. The molecule has 1 fully saturated rings. The third-order valence-electron chi connectivity index (χ3n) is 2.02. The number of nitrogens with one attached hydrogen (secondary N) is 1. The molecule has 1 saturated carbocycles. The average molecular weight is 166 g/mol. The molecule has 0 spiro atoms. The molecule has 10 heavy (non-hydrogen) atoms. The van der Waals surface area contributed by atoms with Crippen molar-refractivity contribution in [2.45, 2.75) is 37.1 Å². The third kappa shape index (κ3) is 2.43. The molecule has 0 unspecified atom stereocenters. The summed E-state index contributed by atoms with van der Waals surface area (Å²) in [7, 11) is 0. The highest BCUT2D eigenvalue weighted by molar-refractivity contribution is 6.20. The second kappa shape index (κ2) is 4.14. The normalized spacial score (nSPS) is 34.2. The van der Waals surface area contributed by atoms with Gasteiger partial charge in [0.2, 0.25) is 0 Å². The van der Waals surface area contributed by atoms with Crippen LogP contribution in [-0.2, 0) is 0 Å². The molecule has 3 heteroatoms. The first kappa shape index (κ1) is 8.28. The summed E-state index contributed by atoms with van der Waals surface area (Å²) < 4.78 is 11.7. The molecule has 0 radical (unpaired) electrons. The lowest BCUT2D eigenvalue weighted by atomic mass is 9.95. The second-order valence-corrected chi connectivity index (χ2v) is 3.40. The highest BCUT2D eigenvalue weighted by atomic mass is 35.5. The van der Waals surface area contributed by atoms with E-state index < -0.39 is 6.80 Å². The van der Waals surface area contributed by atoms with E-state index in [1.807, 2.05) is 0 Å². The van der Waals surface area contributed by atoms with Gasteiger partial charge in [-0.05, 0) is 25.7 Å². The van der Waals surface area contributed by atoms with Crippen molar-refractivity contribution < 1.29 is 4.39 Å². The maximum Gasteiger partial charge on any atom is 0.140 e. The summed E-state index contributed by atoms with van der Waals surface area (Å²) in [6.07, 6.45) is 4.11. The van der Waals surface area contributed by atoms with Crippen LogP contribution in [0.5, 0.6) is 0 Å². The molecule has 1 aliphatic rings. The lowest BCUT2D eigenvalue weighted by Gasteiger charge is -2.24. The van der Waals surface area contributed by atoms with Crippen LogP contribution in [0.25, 0.3) is 0 Å². The SMILES string of the molecule is FCNC1CCC(Cl)CC1. The molecule has 0 aromatic rings. The molecule has 0 heterocycles. The van der Waals surface area contributed by atoms with Crippen molar-refractivity contribution in [1.29, 1.82) is 0 Å². The lowest BCUT2D eigenvalue weighted by Crippen LogP contribution is -2.32. The van der Waals surface area contributed by atoms with Gasteiger partial charge in [-0.1, -0.05) is 0 Å². The van der Waals surface area contributed by atoms with Gasteiger partial charge in [0.05, 0.1) is 0 Å².